The molecule has 0 saturated carbocycles. The number of aromatic nitrogens is 2. The molecule has 2 heterocycles. The zero-order valence-electron chi connectivity index (χ0n) is 17.3. The van der Waals surface area contributed by atoms with Crippen LogP contribution < -0.4 is 10.9 Å². The van der Waals surface area contributed by atoms with Crippen LogP contribution >= 0.6 is 0 Å². The first-order chi connectivity index (χ1) is 14.1. The van der Waals surface area contributed by atoms with Crippen molar-refractivity contribution in [3.05, 3.63) is 75.8 Å². The van der Waals surface area contributed by atoms with Crippen LogP contribution in [0.25, 0.3) is 5.65 Å². The monoisotopic (exact) mass is 409 g/mol. The first kappa shape index (κ1) is 21.0. The van der Waals surface area contributed by atoms with E-state index in [0.717, 1.165) is 5.69 Å². The Hall–Kier alpha value is -3.68. The van der Waals surface area contributed by atoms with Crippen molar-refractivity contribution >= 4 is 23.4 Å². The summed E-state index contributed by atoms with van der Waals surface area (Å²) in [5.74, 6) is -0.565. The minimum absolute atomic E-state index is 0.129. The lowest BCUT2D eigenvalue weighted by Gasteiger charge is -2.19. The number of esters is 1. The standard InChI is InChI=1S/C22H23N3O5/c1-14-6-5-7-18-23-17(12-19(26)25(14)18)13-29-20(27)15-8-10-16(11-9-15)24-21(28)30-22(2,3)4/h5-12H,13H2,1-4H3,(H,24,28). The Bertz CT molecular complexity index is 1140. The van der Waals surface area contributed by atoms with E-state index in [4.69, 9.17) is 9.47 Å². The summed E-state index contributed by atoms with van der Waals surface area (Å²) in [5, 5.41) is 2.59. The van der Waals surface area contributed by atoms with Crippen molar-refractivity contribution in [2.45, 2.75) is 39.9 Å². The molecule has 0 spiro atoms. The van der Waals surface area contributed by atoms with E-state index >= 15 is 0 Å². The van der Waals surface area contributed by atoms with Crippen LogP contribution in [0, 0.1) is 6.92 Å². The number of hydrogen-bond donors (Lipinski definition) is 1. The number of anilines is 1. The quantitative estimate of drug-likeness (QED) is 0.660. The number of amides is 1. The number of pyridine rings is 1. The highest BCUT2D eigenvalue weighted by molar-refractivity contribution is 5.91. The number of fused-ring (bicyclic) bond motifs is 1. The van der Waals surface area contributed by atoms with Crippen LogP contribution in [0.5, 0.6) is 0 Å². The van der Waals surface area contributed by atoms with E-state index in [9.17, 15) is 14.4 Å². The Morgan fingerprint density at radius 1 is 1.10 bits per heavy atom. The van der Waals surface area contributed by atoms with Crippen LogP contribution in [0.2, 0.25) is 0 Å². The molecule has 1 N–H and O–H groups in total. The molecule has 30 heavy (non-hydrogen) atoms. The molecule has 0 aliphatic heterocycles. The normalized spacial score (nSPS) is 11.2. The van der Waals surface area contributed by atoms with Gasteiger partial charge in [0, 0.05) is 17.4 Å². The number of rotatable bonds is 4. The number of hydrogen-bond acceptors (Lipinski definition) is 6. The Kier molecular flexibility index (Phi) is 5.86. The molecule has 1 aromatic carbocycles. The molecule has 0 aliphatic rings. The van der Waals surface area contributed by atoms with Gasteiger partial charge in [-0.15, -0.1) is 0 Å². The van der Waals surface area contributed by atoms with Gasteiger partial charge in [-0.25, -0.2) is 14.6 Å². The number of nitrogens with zero attached hydrogens (tertiary/aromatic N) is 2. The number of nitrogens with one attached hydrogen (secondary N) is 1. The van der Waals surface area contributed by atoms with E-state index in [0.29, 0.717) is 22.6 Å². The van der Waals surface area contributed by atoms with Gasteiger partial charge >= 0.3 is 12.1 Å². The lowest BCUT2D eigenvalue weighted by Crippen LogP contribution is -2.27. The average molecular weight is 409 g/mol. The van der Waals surface area contributed by atoms with Crippen LogP contribution in [-0.4, -0.2) is 27.0 Å². The van der Waals surface area contributed by atoms with Crippen molar-refractivity contribution < 1.29 is 19.1 Å². The lowest BCUT2D eigenvalue weighted by atomic mass is 10.2. The molecule has 0 fully saturated rings. The lowest BCUT2D eigenvalue weighted by molar-refractivity contribution is 0.0467. The third-order valence-corrected chi connectivity index (χ3v) is 4.05. The molecule has 0 bridgehead atoms. The molecule has 0 unspecified atom stereocenters. The molecule has 2 aromatic heterocycles. The van der Waals surface area contributed by atoms with Gasteiger partial charge in [0.1, 0.15) is 17.9 Å². The van der Waals surface area contributed by atoms with E-state index in [1.807, 2.05) is 13.0 Å². The van der Waals surface area contributed by atoms with Crippen LogP contribution in [0.15, 0.2) is 53.3 Å². The summed E-state index contributed by atoms with van der Waals surface area (Å²) in [6.07, 6.45) is -0.582. The molecule has 3 rings (SSSR count). The zero-order valence-corrected chi connectivity index (χ0v) is 17.3. The average Bonchev–Trinajstić information content (AvgIpc) is 2.65. The third kappa shape index (κ3) is 5.22. The molecule has 8 heteroatoms. The SMILES string of the molecule is Cc1cccc2nc(COC(=O)c3ccc(NC(=O)OC(C)(C)C)cc3)cc(=O)n12. The predicted molar refractivity (Wildman–Crippen MR) is 112 cm³/mol. The molecule has 156 valence electrons. The van der Waals surface area contributed by atoms with Crippen molar-refractivity contribution in [3.63, 3.8) is 0 Å². The second kappa shape index (κ2) is 8.36. The minimum Gasteiger partial charge on any atom is -0.456 e. The predicted octanol–water partition coefficient (Wildman–Crippen LogP) is 3.71. The Morgan fingerprint density at radius 2 is 1.80 bits per heavy atom. The Morgan fingerprint density at radius 3 is 2.47 bits per heavy atom. The molecular formula is C22H23N3O5. The summed E-state index contributed by atoms with van der Waals surface area (Å²) in [7, 11) is 0. The van der Waals surface area contributed by atoms with Gasteiger partial charge in [0.05, 0.1) is 11.3 Å². The van der Waals surface area contributed by atoms with Crippen molar-refractivity contribution in [1.82, 2.24) is 9.38 Å². The molecular weight excluding hydrogens is 386 g/mol. The maximum atomic E-state index is 12.3. The topological polar surface area (TPSA) is 99.0 Å². The fourth-order valence-electron chi connectivity index (χ4n) is 2.77. The van der Waals surface area contributed by atoms with E-state index in [2.05, 4.69) is 10.3 Å². The van der Waals surface area contributed by atoms with Gasteiger partial charge in [-0.05, 0) is 64.1 Å². The van der Waals surface area contributed by atoms with Crippen LogP contribution in [-0.2, 0) is 16.1 Å². The van der Waals surface area contributed by atoms with Crippen molar-refractivity contribution in [1.29, 1.82) is 0 Å². The van der Waals surface area contributed by atoms with Crippen LogP contribution in [0.3, 0.4) is 0 Å². The third-order valence-electron chi connectivity index (χ3n) is 4.05. The van der Waals surface area contributed by atoms with Crippen molar-refractivity contribution in [2.24, 2.45) is 0 Å². The van der Waals surface area contributed by atoms with Gasteiger partial charge in [0.15, 0.2) is 0 Å². The van der Waals surface area contributed by atoms with Gasteiger partial charge < -0.3 is 9.47 Å². The summed E-state index contributed by atoms with van der Waals surface area (Å²) in [6.45, 7) is 7.00. The first-order valence-corrected chi connectivity index (χ1v) is 9.38. The van der Waals surface area contributed by atoms with Gasteiger partial charge in [0.2, 0.25) is 0 Å². The Balaban J connectivity index is 1.63. The van der Waals surface area contributed by atoms with Gasteiger partial charge in [0.25, 0.3) is 5.56 Å². The zero-order chi connectivity index (χ0) is 21.9. The molecule has 3 aromatic rings. The second-order valence-electron chi connectivity index (χ2n) is 7.73. The highest BCUT2D eigenvalue weighted by Gasteiger charge is 2.16. The molecule has 0 radical (unpaired) electrons. The Labute approximate surface area is 173 Å². The molecule has 0 aliphatic carbocycles. The van der Waals surface area contributed by atoms with E-state index in [1.165, 1.54) is 22.6 Å². The second-order valence-corrected chi connectivity index (χ2v) is 7.73. The molecule has 1 amide bonds. The first-order valence-electron chi connectivity index (χ1n) is 9.38. The van der Waals surface area contributed by atoms with Gasteiger partial charge in [-0.1, -0.05) is 6.07 Å². The van der Waals surface area contributed by atoms with Crippen molar-refractivity contribution in [3.8, 4) is 0 Å². The van der Waals surface area contributed by atoms with E-state index in [-0.39, 0.29) is 12.2 Å². The molecule has 0 saturated heterocycles. The number of ether oxygens (including phenoxy) is 2. The number of benzene rings is 1. The summed E-state index contributed by atoms with van der Waals surface area (Å²) in [5.41, 5.74) is 1.58. The summed E-state index contributed by atoms with van der Waals surface area (Å²) >= 11 is 0. The highest BCUT2D eigenvalue weighted by atomic mass is 16.6. The van der Waals surface area contributed by atoms with Crippen LogP contribution in [0.4, 0.5) is 10.5 Å². The number of carbonyl (C=O) groups excluding carboxylic acids is 2. The molecule has 8 nitrogen and oxygen atoms in total. The van der Waals surface area contributed by atoms with E-state index in [1.54, 1.807) is 45.0 Å². The fourth-order valence-corrected chi connectivity index (χ4v) is 2.77. The highest BCUT2D eigenvalue weighted by Crippen LogP contribution is 2.14. The summed E-state index contributed by atoms with van der Waals surface area (Å²) < 4.78 is 11.9. The smallest absolute Gasteiger partial charge is 0.412 e. The minimum atomic E-state index is -0.605. The van der Waals surface area contributed by atoms with Crippen LogP contribution in [0.1, 0.15) is 42.5 Å². The van der Waals surface area contributed by atoms with Crippen molar-refractivity contribution in [2.75, 3.05) is 5.32 Å². The fraction of sp³-hybridized carbons (Fsp3) is 0.273. The number of aryl methyl sites for hydroxylation is 1. The maximum Gasteiger partial charge on any atom is 0.412 e. The maximum absolute atomic E-state index is 12.3. The van der Waals surface area contributed by atoms with Gasteiger partial charge in [-0.3, -0.25) is 14.5 Å². The number of carbonyl (C=O) groups is 2. The largest absolute Gasteiger partial charge is 0.456 e. The summed E-state index contributed by atoms with van der Waals surface area (Å²) in [4.78, 5) is 40.7. The molecule has 0 atom stereocenters. The van der Waals surface area contributed by atoms with Gasteiger partial charge in [-0.2, -0.15) is 0 Å². The van der Waals surface area contributed by atoms with E-state index < -0.39 is 17.7 Å². The summed E-state index contributed by atoms with van der Waals surface area (Å²) in [6, 6.07) is 12.9.